The Balaban J connectivity index is 1.65. The summed E-state index contributed by atoms with van der Waals surface area (Å²) in [6, 6.07) is -2.27. The van der Waals surface area contributed by atoms with E-state index in [1.54, 1.807) is 78.1 Å². The van der Waals surface area contributed by atoms with Gasteiger partial charge in [-0.1, -0.05) is 78.3 Å². The average molecular weight is 1330 g/mol. The highest BCUT2D eigenvalue weighted by Crippen LogP contribution is 2.20. The Bertz CT molecular complexity index is 2730. The summed E-state index contributed by atoms with van der Waals surface area (Å²) in [6.07, 6.45) is 3.54. The molecule has 32 heteroatoms. The predicted molar refractivity (Wildman–Crippen MR) is 343 cm³/mol. The molecule has 3 rings (SSSR count). The van der Waals surface area contributed by atoms with Crippen LogP contribution in [0.15, 0.2) is 30.3 Å². The average Bonchev–Trinajstić information content (AvgIpc) is 1.93. The number of hydrogen-bond donors (Lipinski definition) is 15. The number of thioether (sulfide) groups is 1. The van der Waals surface area contributed by atoms with E-state index in [1.807, 2.05) is 0 Å². The van der Waals surface area contributed by atoms with Crippen molar-refractivity contribution in [3.8, 4) is 0 Å². The van der Waals surface area contributed by atoms with Crippen LogP contribution in [0.5, 0.6) is 0 Å². The second-order valence-electron chi connectivity index (χ2n) is 24.0. The van der Waals surface area contributed by atoms with Crippen molar-refractivity contribution in [3.63, 3.8) is 0 Å². The maximum atomic E-state index is 14.0. The van der Waals surface area contributed by atoms with Gasteiger partial charge in [-0.15, -0.1) is 0 Å². The zero-order valence-electron chi connectivity index (χ0n) is 54.6. The fourth-order valence-corrected chi connectivity index (χ4v) is 10.9. The summed E-state index contributed by atoms with van der Waals surface area (Å²) >= 11 is 1.41. The van der Waals surface area contributed by atoms with Crippen molar-refractivity contribution in [3.05, 3.63) is 35.9 Å². The first-order chi connectivity index (χ1) is 44.1. The summed E-state index contributed by atoms with van der Waals surface area (Å²) in [6.45, 7) is 9.38. The zero-order valence-corrected chi connectivity index (χ0v) is 55.4. The number of hydrogen-bond acceptors (Lipinski definition) is 18. The molecule has 2 aliphatic heterocycles. The molecule has 2 aliphatic rings. The number of carboxylic acids is 1. The second-order valence-corrected chi connectivity index (χ2v) is 25.0. The van der Waals surface area contributed by atoms with Crippen LogP contribution in [0, 0.1) is 17.8 Å². The van der Waals surface area contributed by atoms with Crippen LogP contribution in [0.1, 0.15) is 118 Å². The normalized spacial score (nSPS) is 17.3. The van der Waals surface area contributed by atoms with E-state index >= 15 is 0 Å². The number of rotatable bonds is 40. The second kappa shape index (κ2) is 40.9. The summed E-state index contributed by atoms with van der Waals surface area (Å²) in [4.78, 5) is 189. The number of nitrogens with one attached hydrogen (secondary N) is 11. The van der Waals surface area contributed by atoms with Crippen LogP contribution < -0.4 is 70.0 Å². The van der Waals surface area contributed by atoms with Crippen molar-refractivity contribution in [2.45, 2.75) is 180 Å². The Hall–Kier alpha value is -7.97. The Kier molecular flexibility index (Phi) is 34.9. The van der Waals surface area contributed by atoms with Gasteiger partial charge in [0.25, 0.3) is 0 Å². The van der Waals surface area contributed by atoms with Crippen molar-refractivity contribution in [2.24, 2.45) is 29.2 Å². The van der Waals surface area contributed by atoms with Crippen LogP contribution >= 0.6 is 11.8 Å². The molecule has 0 radical (unpaired) electrons. The Labute approximate surface area is 547 Å². The molecule has 1 aromatic carbocycles. The predicted octanol–water partition coefficient (Wildman–Crippen LogP) is -3.88. The molecule has 2 heterocycles. The summed E-state index contributed by atoms with van der Waals surface area (Å²) in [5, 5.41) is 48.3. The molecule has 0 aromatic heterocycles. The van der Waals surface area contributed by atoms with Gasteiger partial charge >= 0.3 is 5.97 Å². The number of nitrogens with two attached hydrogens (primary N) is 2. The lowest BCUT2D eigenvalue weighted by Crippen LogP contribution is -2.59. The Morgan fingerprint density at radius 3 is 1.61 bits per heavy atom. The van der Waals surface area contributed by atoms with Gasteiger partial charge in [0.15, 0.2) is 0 Å². The summed E-state index contributed by atoms with van der Waals surface area (Å²) < 4.78 is 0. The van der Waals surface area contributed by atoms with Crippen LogP contribution in [0.25, 0.3) is 0 Å². The Morgan fingerprint density at radius 1 is 0.559 bits per heavy atom. The van der Waals surface area contributed by atoms with E-state index in [2.05, 4.69) is 58.5 Å². The molecule has 17 N–H and O–H groups in total. The maximum Gasteiger partial charge on any atom is 0.326 e. The van der Waals surface area contributed by atoms with Gasteiger partial charge in [0.1, 0.15) is 54.4 Å². The molecule has 0 spiro atoms. The number of amides is 13. The number of carbonyl (C=O) groups excluding carboxylic acids is 13. The van der Waals surface area contributed by atoms with E-state index in [9.17, 15) is 77.3 Å². The minimum atomic E-state index is -1.66. The van der Waals surface area contributed by atoms with Gasteiger partial charge in [-0.25, -0.2) is 4.79 Å². The molecule has 520 valence electrons. The molecule has 31 nitrogen and oxygen atoms in total. The fraction of sp³-hybridized carbons (Fsp3) is 0.672. The van der Waals surface area contributed by atoms with Crippen LogP contribution in [0.4, 0.5) is 0 Å². The molecular weight excluding hydrogens is 1230 g/mol. The monoisotopic (exact) mass is 1330 g/mol. The number of nitrogens with zero attached hydrogens (tertiary/aromatic N) is 2. The minimum Gasteiger partial charge on any atom is -0.480 e. The summed E-state index contributed by atoms with van der Waals surface area (Å²) in [7, 11) is 0. The van der Waals surface area contributed by atoms with Crippen LogP contribution in [-0.4, -0.2) is 228 Å². The van der Waals surface area contributed by atoms with Crippen molar-refractivity contribution < 1.29 is 77.3 Å². The standard InChI is InChI=1S/C61H99N15O16S/c1-9-36(6)51(58(88)66-33-49(82)76-25-16-21-44(76)61(91)92)73-57(87)43-20-15-24-75(43)48(81)32-67-59(89)52(37(7)77)74-56(86)41(27-34(2)3)69-46(79)30-65-54(84)42(28-38-17-11-10-12-18-38)71-60(90)50(35(4)5)72-47(80)31-64-53(83)40(22-26-93-8)70-55(85)39(19-13-14-23-62)68-45(78)29-63/h10-12,17-18,34-37,39-44,50-52,77H,9,13-16,19-33,62-63H2,1-8H3,(H,64,83)(H,65,84)(H,66,88)(H,67,89)(H,68,78)(H,69,79)(H,70,85)(H,71,90)(H,72,80)(H,73,87)(H,74,86)(H,91,92)/t36-,37+,39-,40-,41-,42-,43-,44-,50-,51-,52-/m0/s1. The van der Waals surface area contributed by atoms with Gasteiger partial charge in [-0.05, 0) is 107 Å². The van der Waals surface area contributed by atoms with Crippen LogP contribution in [0.3, 0.4) is 0 Å². The maximum absolute atomic E-state index is 14.0. The smallest absolute Gasteiger partial charge is 0.326 e. The first-order valence-electron chi connectivity index (χ1n) is 31.7. The first kappa shape index (κ1) is 79.3. The van der Waals surface area contributed by atoms with Crippen molar-refractivity contribution >= 4 is 94.5 Å². The number of aliphatic hydroxyl groups is 1. The number of unbranched alkanes of at least 4 members (excludes halogenated alkanes) is 1. The first-order valence-corrected chi connectivity index (χ1v) is 33.1. The molecule has 2 saturated heterocycles. The summed E-state index contributed by atoms with van der Waals surface area (Å²) in [5.41, 5.74) is 11.7. The van der Waals surface area contributed by atoms with Gasteiger partial charge in [0.05, 0.1) is 38.8 Å². The molecular formula is C61H99N15O16S. The van der Waals surface area contributed by atoms with E-state index in [0.717, 1.165) is 0 Å². The van der Waals surface area contributed by atoms with Gasteiger partial charge in [-0.2, -0.15) is 11.8 Å². The van der Waals surface area contributed by atoms with Crippen LogP contribution in [-0.2, 0) is 73.5 Å². The van der Waals surface area contributed by atoms with Gasteiger partial charge < -0.3 is 90.0 Å². The SMILES string of the molecule is CC[C@H](C)[C@H](NC(=O)[C@@H]1CCCN1C(=O)CNC(=O)[C@@H](NC(=O)[C@H](CC(C)C)NC(=O)CNC(=O)[C@H](Cc1ccccc1)NC(=O)[C@@H](NC(=O)CNC(=O)[C@H](CCSC)NC(=O)[C@H](CCCCN)NC(=O)CN)C(C)C)[C@@H](C)O)C(=O)NCC(=O)N1CCC[C@H]1C(=O)O. The largest absolute Gasteiger partial charge is 0.480 e. The minimum absolute atomic E-state index is 0.0147. The van der Waals surface area contributed by atoms with Crippen LogP contribution in [0.2, 0.25) is 0 Å². The molecule has 2 fully saturated rings. The topological polar surface area (TPSA) is 470 Å². The van der Waals surface area contributed by atoms with Gasteiger partial charge in [0, 0.05) is 19.5 Å². The molecule has 1 aromatic rings. The Morgan fingerprint density at radius 2 is 1.08 bits per heavy atom. The van der Waals surface area contributed by atoms with E-state index in [1.165, 1.54) is 28.5 Å². The number of carboxylic acid groups (broad SMARTS) is 1. The lowest BCUT2D eigenvalue weighted by atomic mass is 9.97. The quantitative estimate of drug-likeness (QED) is 0.0280. The molecule has 0 bridgehead atoms. The van der Waals surface area contributed by atoms with E-state index in [-0.39, 0.29) is 64.1 Å². The van der Waals surface area contributed by atoms with E-state index in [0.29, 0.717) is 50.0 Å². The van der Waals surface area contributed by atoms with E-state index < -0.39 is 181 Å². The van der Waals surface area contributed by atoms with Crippen molar-refractivity contribution in [1.29, 1.82) is 0 Å². The fourth-order valence-electron chi connectivity index (χ4n) is 10.4. The highest BCUT2D eigenvalue weighted by atomic mass is 32.2. The van der Waals surface area contributed by atoms with Gasteiger partial charge in [0.2, 0.25) is 76.8 Å². The number of aliphatic carboxylic acids is 1. The number of aliphatic hydroxyl groups excluding tert-OH is 1. The molecule has 93 heavy (non-hydrogen) atoms. The van der Waals surface area contributed by atoms with E-state index in [4.69, 9.17) is 11.5 Å². The molecule has 11 atom stereocenters. The molecule has 13 amide bonds. The highest BCUT2D eigenvalue weighted by molar-refractivity contribution is 7.98. The third-order valence-corrected chi connectivity index (χ3v) is 16.5. The molecule has 0 unspecified atom stereocenters. The number of likely N-dealkylation sites (tertiary alicyclic amines) is 2. The van der Waals surface area contributed by atoms with Crippen molar-refractivity contribution in [1.82, 2.24) is 68.3 Å². The van der Waals surface area contributed by atoms with Gasteiger partial charge in [-0.3, -0.25) is 62.3 Å². The number of benzene rings is 1. The van der Waals surface area contributed by atoms with Crippen molar-refractivity contribution in [2.75, 3.05) is 64.4 Å². The highest BCUT2D eigenvalue weighted by Gasteiger charge is 2.40. The number of carbonyl (C=O) groups is 14. The third kappa shape index (κ3) is 26.9. The third-order valence-electron chi connectivity index (χ3n) is 15.8. The molecule has 0 saturated carbocycles. The summed E-state index contributed by atoms with van der Waals surface area (Å²) in [5.74, 6) is -11.6. The lowest BCUT2D eigenvalue weighted by Gasteiger charge is -2.29. The molecule has 0 aliphatic carbocycles. The lowest BCUT2D eigenvalue weighted by molar-refractivity contribution is -0.148. The zero-order chi connectivity index (χ0) is 69.5.